The molecule has 1 aliphatic rings. The van der Waals surface area contributed by atoms with Crippen molar-refractivity contribution in [1.82, 2.24) is 4.98 Å². The Bertz CT molecular complexity index is 306. The van der Waals surface area contributed by atoms with E-state index in [1.165, 1.54) is 31.5 Å². The maximum absolute atomic E-state index is 12.6. The molecule has 0 aliphatic heterocycles. The number of hydrogen-bond acceptors (Lipinski definition) is 2. The van der Waals surface area contributed by atoms with Gasteiger partial charge in [-0.25, -0.2) is 4.39 Å². The van der Waals surface area contributed by atoms with Crippen molar-refractivity contribution in [2.75, 3.05) is 0 Å². The van der Waals surface area contributed by atoms with Gasteiger partial charge in [0.05, 0.1) is 18.0 Å². The molecule has 0 spiro atoms. The molecule has 2 nitrogen and oxygen atoms in total. The van der Waals surface area contributed by atoms with Crippen LogP contribution in [0.1, 0.15) is 43.9 Å². The SMILES string of the molecule is OC(c1ccc(F)cn1)C1CCCCC1. The Labute approximate surface area is 89.2 Å². The predicted molar refractivity (Wildman–Crippen MR) is 55.7 cm³/mol. The van der Waals surface area contributed by atoms with E-state index in [-0.39, 0.29) is 5.82 Å². The zero-order valence-corrected chi connectivity index (χ0v) is 8.69. The number of pyridine rings is 1. The van der Waals surface area contributed by atoms with Crippen molar-refractivity contribution in [3.63, 3.8) is 0 Å². The van der Waals surface area contributed by atoms with E-state index >= 15 is 0 Å². The minimum atomic E-state index is -0.522. The maximum atomic E-state index is 12.6. The monoisotopic (exact) mass is 209 g/mol. The fourth-order valence-corrected chi connectivity index (χ4v) is 2.25. The van der Waals surface area contributed by atoms with Crippen LogP contribution in [-0.2, 0) is 0 Å². The summed E-state index contributed by atoms with van der Waals surface area (Å²) in [5.41, 5.74) is 0.600. The lowest BCUT2D eigenvalue weighted by molar-refractivity contribution is 0.0810. The first-order chi connectivity index (χ1) is 7.27. The van der Waals surface area contributed by atoms with Crippen LogP contribution in [0.5, 0.6) is 0 Å². The third-order valence-corrected chi connectivity index (χ3v) is 3.15. The first kappa shape index (κ1) is 10.6. The molecule has 1 N–H and O–H groups in total. The summed E-state index contributed by atoms with van der Waals surface area (Å²) in [5, 5.41) is 10.1. The summed E-state index contributed by atoms with van der Waals surface area (Å²) in [7, 11) is 0. The normalized spacial score (nSPS) is 20.1. The second-order valence-electron chi connectivity index (χ2n) is 4.24. The largest absolute Gasteiger partial charge is 0.387 e. The molecule has 0 aromatic carbocycles. The summed E-state index contributed by atoms with van der Waals surface area (Å²) >= 11 is 0. The van der Waals surface area contributed by atoms with Crippen LogP contribution >= 0.6 is 0 Å². The van der Waals surface area contributed by atoms with Gasteiger partial charge in [0.15, 0.2) is 0 Å². The summed E-state index contributed by atoms with van der Waals surface area (Å²) in [5.74, 6) is -0.0497. The van der Waals surface area contributed by atoms with Gasteiger partial charge in [-0.15, -0.1) is 0 Å². The van der Waals surface area contributed by atoms with Crippen LogP contribution in [-0.4, -0.2) is 10.1 Å². The molecular weight excluding hydrogens is 193 g/mol. The molecule has 1 unspecified atom stereocenters. The summed E-state index contributed by atoms with van der Waals surface area (Å²) in [6, 6.07) is 2.93. The standard InChI is InChI=1S/C12H16FNO/c13-10-6-7-11(14-8-10)12(15)9-4-2-1-3-5-9/h6-9,12,15H,1-5H2. The number of nitrogens with zero attached hydrogens (tertiary/aromatic N) is 1. The number of aliphatic hydroxyl groups excluding tert-OH is 1. The zero-order chi connectivity index (χ0) is 10.7. The molecule has 0 amide bonds. The number of rotatable bonds is 2. The molecule has 0 radical (unpaired) electrons. The molecule has 1 aromatic rings. The van der Waals surface area contributed by atoms with E-state index in [1.54, 1.807) is 6.07 Å². The van der Waals surface area contributed by atoms with E-state index in [0.717, 1.165) is 12.8 Å². The first-order valence-electron chi connectivity index (χ1n) is 5.57. The lowest BCUT2D eigenvalue weighted by Crippen LogP contribution is -2.16. The van der Waals surface area contributed by atoms with Crippen LogP contribution in [0.3, 0.4) is 0 Å². The smallest absolute Gasteiger partial charge is 0.141 e. The topological polar surface area (TPSA) is 33.1 Å². The van der Waals surface area contributed by atoms with Gasteiger partial charge in [-0.1, -0.05) is 19.3 Å². The molecule has 1 aliphatic carbocycles. The predicted octanol–water partition coefficient (Wildman–Crippen LogP) is 2.83. The summed E-state index contributed by atoms with van der Waals surface area (Å²) in [6.45, 7) is 0. The van der Waals surface area contributed by atoms with E-state index in [4.69, 9.17) is 0 Å². The molecule has 1 atom stereocenters. The maximum Gasteiger partial charge on any atom is 0.141 e. The van der Waals surface area contributed by atoms with Crippen molar-refractivity contribution in [3.05, 3.63) is 29.8 Å². The molecule has 82 valence electrons. The fourth-order valence-electron chi connectivity index (χ4n) is 2.25. The Morgan fingerprint density at radius 2 is 2.00 bits per heavy atom. The summed E-state index contributed by atoms with van der Waals surface area (Å²) < 4.78 is 12.6. The lowest BCUT2D eigenvalue weighted by atomic mass is 9.84. The van der Waals surface area contributed by atoms with Gasteiger partial charge in [-0.3, -0.25) is 4.98 Å². The highest BCUT2D eigenvalue weighted by Gasteiger charge is 2.23. The van der Waals surface area contributed by atoms with Crippen molar-refractivity contribution >= 4 is 0 Å². The molecular formula is C12H16FNO. The van der Waals surface area contributed by atoms with E-state index in [2.05, 4.69) is 4.98 Å². The summed E-state index contributed by atoms with van der Waals surface area (Å²) in [6.07, 6.45) is 6.39. The van der Waals surface area contributed by atoms with Crippen LogP contribution in [0.4, 0.5) is 4.39 Å². The Kier molecular flexibility index (Phi) is 3.31. The Hall–Kier alpha value is -0.960. The third kappa shape index (κ3) is 2.53. The number of aliphatic hydroxyl groups is 1. The lowest BCUT2D eigenvalue weighted by Gasteiger charge is -2.26. The van der Waals surface area contributed by atoms with Gasteiger partial charge in [0.2, 0.25) is 0 Å². The Balaban J connectivity index is 2.05. The van der Waals surface area contributed by atoms with Crippen molar-refractivity contribution in [3.8, 4) is 0 Å². The van der Waals surface area contributed by atoms with Crippen LogP contribution in [0.25, 0.3) is 0 Å². The number of halogens is 1. The van der Waals surface area contributed by atoms with Gasteiger partial charge in [0.1, 0.15) is 5.82 Å². The quantitative estimate of drug-likeness (QED) is 0.812. The molecule has 1 saturated carbocycles. The molecule has 2 rings (SSSR count). The van der Waals surface area contributed by atoms with Crippen molar-refractivity contribution in [2.45, 2.75) is 38.2 Å². The van der Waals surface area contributed by atoms with Gasteiger partial charge in [-0.05, 0) is 30.9 Å². The van der Waals surface area contributed by atoms with Gasteiger partial charge in [0.25, 0.3) is 0 Å². The molecule has 3 heteroatoms. The van der Waals surface area contributed by atoms with Crippen LogP contribution < -0.4 is 0 Å². The first-order valence-corrected chi connectivity index (χ1v) is 5.57. The average molecular weight is 209 g/mol. The zero-order valence-electron chi connectivity index (χ0n) is 8.69. The van der Waals surface area contributed by atoms with E-state index in [1.807, 2.05) is 0 Å². The van der Waals surface area contributed by atoms with Gasteiger partial charge in [-0.2, -0.15) is 0 Å². The minimum Gasteiger partial charge on any atom is -0.387 e. The van der Waals surface area contributed by atoms with E-state index < -0.39 is 6.10 Å². The average Bonchev–Trinajstić information content (AvgIpc) is 2.30. The molecule has 1 heterocycles. The van der Waals surface area contributed by atoms with Crippen LogP contribution in [0.2, 0.25) is 0 Å². The van der Waals surface area contributed by atoms with E-state index in [9.17, 15) is 9.50 Å². The van der Waals surface area contributed by atoms with Crippen molar-refractivity contribution in [1.29, 1.82) is 0 Å². The Morgan fingerprint density at radius 3 is 2.60 bits per heavy atom. The van der Waals surface area contributed by atoms with Crippen LogP contribution in [0.15, 0.2) is 18.3 Å². The molecule has 1 aromatic heterocycles. The molecule has 1 fully saturated rings. The molecule has 15 heavy (non-hydrogen) atoms. The van der Waals surface area contributed by atoms with Crippen molar-refractivity contribution < 1.29 is 9.50 Å². The second-order valence-corrected chi connectivity index (χ2v) is 4.24. The fraction of sp³-hybridized carbons (Fsp3) is 0.583. The highest BCUT2D eigenvalue weighted by atomic mass is 19.1. The third-order valence-electron chi connectivity index (χ3n) is 3.15. The highest BCUT2D eigenvalue weighted by molar-refractivity contribution is 5.09. The summed E-state index contributed by atoms with van der Waals surface area (Å²) in [4.78, 5) is 3.93. The van der Waals surface area contributed by atoms with Gasteiger partial charge >= 0.3 is 0 Å². The van der Waals surface area contributed by atoms with E-state index in [0.29, 0.717) is 11.6 Å². The van der Waals surface area contributed by atoms with Gasteiger partial charge < -0.3 is 5.11 Å². The molecule has 0 saturated heterocycles. The highest BCUT2D eigenvalue weighted by Crippen LogP contribution is 2.33. The minimum absolute atomic E-state index is 0.303. The number of aromatic nitrogens is 1. The number of hydrogen-bond donors (Lipinski definition) is 1. The van der Waals surface area contributed by atoms with Gasteiger partial charge in [0, 0.05) is 0 Å². The van der Waals surface area contributed by atoms with Crippen molar-refractivity contribution in [2.24, 2.45) is 5.92 Å². The molecule has 0 bridgehead atoms. The van der Waals surface area contributed by atoms with Crippen LogP contribution in [0, 0.1) is 11.7 Å². The second kappa shape index (κ2) is 4.71. The Morgan fingerprint density at radius 1 is 1.27 bits per heavy atom.